The molecule has 0 radical (unpaired) electrons. The van der Waals surface area contributed by atoms with Crippen molar-refractivity contribution in [1.82, 2.24) is 0 Å². The molecule has 98 valence electrons. The molecule has 0 saturated carbocycles. The van der Waals surface area contributed by atoms with Gasteiger partial charge in [0.25, 0.3) is 0 Å². The molecule has 0 aliphatic rings. The van der Waals surface area contributed by atoms with Gasteiger partial charge in [-0.15, -0.1) is 0 Å². The van der Waals surface area contributed by atoms with E-state index >= 15 is 0 Å². The van der Waals surface area contributed by atoms with Gasteiger partial charge < -0.3 is 9.84 Å². The van der Waals surface area contributed by atoms with Crippen LogP contribution in [0, 0.1) is 6.92 Å². The first kappa shape index (κ1) is 13.3. The first-order valence-electron chi connectivity index (χ1n) is 6.05. The summed E-state index contributed by atoms with van der Waals surface area (Å²) in [4.78, 5) is 11.8. The van der Waals surface area contributed by atoms with E-state index in [2.05, 4.69) is 0 Å². The van der Waals surface area contributed by atoms with Gasteiger partial charge in [-0.2, -0.15) is 0 Å². The smallest absolute Gasteiger partial charge is 0.338 e. The Kier molecular flexibility index (Phi) is 3.97. The highest BCUT2D eigenvalue weighted by molar-refractivity contribution is 5.97. The molecule has 0 unspecified atom stereocenters. The predicted molar refractivity (Wildman–Crippen MR) is 73.9 cm³/mol. The fourth-order valence-electron chi connectivity index (χ4n) is 2.13. The van der Waals surface area contributed by atoms with E-state index in [1.165, 1.54) is 7.11 Å². The van der Waals surface area contributed by atoms with Crippen LogP contribution in [0.4, 0.5) is 0 Å². The molecule has 2 rings (SSSR count). The van der Waals surface area contributed by atoms with Crippen LogP contribution in [0.1, 0.15) is 21.5 Å². The quantitative estimate of drug-likeness (QED) is 0.859. The molecule has 3 nitrogen and oxygen atoms in total. The summed E-state index contributed by atoms with van der Waals surface area (Å²) in [5.74, 6) is -0.359. The molecule has 2 aromatic carbocycles. The van der Waals surface area contributed by atoms with Crippen molar-refractivity contribution in [2.75, 3.05) is 7.11 Å². The number of carbonyl (C=O) groups is 1. The predicted octanol–water partition coefficient (Wildman–Crippen LogP) is 2.94. The van der Waals surface area contributed by atoms with Crippen molar-refractivity contribution in [2.45, 2.75) is 13.5 Å². The minimum atomic E-state index is -0.359. The lowest BCUT2D eigenvalue weighted by atomic mass is 9.96. The zero-order valence-electron chi connectivity index (χ0n) is 11.0. The van der Waals surface area contributed by atoms with Crippen LogP contribution < -0.4 is 0 Å². The average Bonchev–Trinajstić information content (AvgIpc) is 2.45. The molecule has 19 heavy (non-hydrogen) atoms. The normalized spacial score (nSPS) is 10.3. The number of aliphatic hydroxyl groups excluding tert-OH is 1. The van der Waals surface area contributed by atoms with Crippen molar-refractivity contribution in [3.63, 3.8) is 0 Å². The van der Waals surface area contributed by atoms with Crippen molar-refractivity contribution < 1.29 is 14.6 Å². The second kappa shape index (κ2) is 5.67. The Hall–Kier alpha value is -2.13. The molecule has 1 N–H and O–H groups in total. The van der Waals surface area contributed by atoms with Crippen molar-refractivity contribution >= 4 is 5.97 Å². The number of methoxy groups -OCH3 is 1. The van der Waals surface area contributed by atoms with Crippen LogP contribution >= 0.6 is 0 Å². The van der Waals surface area contributed by atoms with Gasteiger partial charge in [0.05, 0.1) is 19.3 Å². The highest BCUT2D eigenvalue weighted by Crippen LogP contribution is 2.26. The highest BCUT2D eigenvalue weighted by atomic mass is 16.5. The fourth-order valence-corrected chi connectivity index (χ4v) is 2.13. The molecule has 0 fully saturated rings. The second-order valence-corrected chi connectivity index (χ2v) is 4.40. The number of hydrogen-bond donors (Lipinski definition) is 1. The maximum absolute atomic E-state index is 11.8. The van der Waals surface area contributed by atoms with Gasteiger partial charge in [-0.05, 0) is 35.7 Å². The van der Waals surface area contributed by atoms with E-state index in [4.69, 9.17) is 4.74 Å². The fraction of sp³-hybridized carbons (Fsp3) is 0.188. The van der Waals surface area contributed by atoms with Gasteiger partial charge in [-0.25, -0.2) is 4.79 Å². The molecule has 2 aromatic rings. The number of aryl methyl sites for hydroxylation is 1. The molecular weight excluding hydrogens is 240 g/mol. The maximum Gasteiger partial charge on any atom is 0.338 e. The summed E-state index contributed by atoms with van der Waals surface area (Å²) in [5, 5.41) is 9.27. The number of hydrogen-bond acceptors (Lipinski definition) is 3. The Morgan fingerprint density at radius 3 is 2.63 bits per heavy atom. The van der Waals surface area contributed by atoms with E-state index < -0.39 is 0 Å². The van der Waals surface area contributed by atoms with E-state index in [0.29, 0.717) is 5.56 Å². The average molecular weight is 256 g/mol. The molecule has 3 heteroatoms. The van der Waals surface area contributed by atoms with Crippen molar-refractivity contribution in [3.8, 4) is 11.1 Å². The van der Waals surface area contributed by atoms with Gasteiger partial charge in [0, 0.05) is 0 Å². The van der Waals surface area contributed by atoms with Gasteiger partial charge in [0.2, 0.25) is 0 Å². The topological polar surface area (TPSA) is 46.5 Å². The lowest BCUT2D eigenvalue weighted by Crippen LogP contribution is -2.03. The van der Waals surface area contributed by atoms with Crippen LogP contribution in [-0.4, -0.2) is 18.2 Å². The standard InChI is InChI=1S/C16H16O3/c1-11-7-12(10-17)9-13(8-11)14-5-3-4-6-15(14)16(18)19-2/h3-9,17H,10H2,1-2H3. The molecule has 0 aromatic heterocycles. The molecule has 0 heterocycles. The lowest BCUT2D eigenvalue weighted by molar-refractivity contribution is 0.0601. The number of aliphatic hydroxyl groups is 1. The summed E-state index contributed by atoms with van der Waals surface area (Å²) in [7, 11) is 1.37. The van der Waals surface area contributed by atoms with E-state index in [1.807, 2.05) is 37.3 Å². The minimum Gasteiger partial charge on any atom is -0.465 e. The van der Waals surface area contributed by atoms with Crippen LogP contribution in [0.3, 0.4) is 0 Å². The Morgan fingerprint density at radius 2 is 1.95 bits per heavy atom. The van der Waals surface area contributed by atoms with Gasteiger partial charge in [0.15, 0.2) is 0 Å². The van der Waals surface area contributed by atoms with E-state index in [-0.39, 0.29) is 12.6 Å². The first-order chi connectivity index (χ1) is 9.15. The Bertz CT molecular complexity index is 603. The highest BCUT2D eigenvalue weighted by Gasteiger charge is 2.13. The van der Waals surface area contributed by atoms with Crippen molar-refractivity contribution in [3.05, 3.63) is 59.2 Å². The molecule has 0 aliphatic carbocycles. The third-order valence-electron chi connectivity index (χ3n) is 2.96. The van der Waals surface area contributed by atoms with Gasteiger partial charge >= 0.3 is 5.97 Å². The van der Waals surface area contributed by atoms with Crippen LogP contribution in [0.2, 0.25) is 0 Å². The second-order valence-electron chi connectivity index (χ2n) is 4.40. The van der Waals surface area contributed by atoms with Crippen LogP contribution in [-0.2, 0) is 11.3 Å². The molecule has 0 atom stereocenters. The SMILES string of the molecule is COC(=O)c1ccccc1-c1cc(C)cc(CO)c1. The van der Waals surface area contributed by atoms with Gasteiger partial charge in [-0.3, -0.25) is 0 Å². The number of carbonyl (C=O) groups excluding carboxylic acids is 1. The Balaban J connectivity index is 2.58. The van der Waals surface area contributed by atoms with E-state index in [0.717, 1.165) is 22.3 Å². The summed E-state index contributed by atoms with van der Waals surface area (Å²) < 4.78 is 4.80. The van der Waals surface area contributed by atoms with Gasteiger partial charge in [-0.1, -0.05) is 35.9 Å². The third kappa shape index (κ3) is 2.83. The van der Waals surface area contributed by atoms with Crippen LogP contribution in [0.25, 0.3) is 11.1 Å². The molecule has 0 bridgehead atoms. The van der Waals surface area contributed by atoms with E-state index in [9.17, 15) is 9.90 Å². The molecule has 0 saturated heterocycles. The Morgan fingerprint density at radius 1 is 1.21 bits per heavy atom. The van der Waals surface area contributed by atoms with E-state index in [1.54, 1.807) is 12.1 Å². The number of esters is 1. The number of benzene rings is 2. The zero-order chi connectivity index (χ0) is 13.8. The molecule has 0 aliphatic heterocycles. The summed E-state index contributed by atoms with van der Waals surface area (Å²) in [6.07, 6.45) is 0. The summed E-state index contributed by atoms with van der Waals surface area (Å²) in [6, 6.07) is 13.1. The monoisotopic (exact) mass is 256 g/mol. The van der Waals surface area contributed by atoms with Crippen molar-refractivity contribution in [1.29, 1.82) is 0 Å². The Labute approximate surface area is 112 Å². The third-order valence-corrected chi connectivity index (χ3v) is 2.96. The van der Waals surface area contributed by atoms with Crippen molar-refractivity contribution in [2.24, 2.45) is 0 Å². The van der Waals surface area contributed by atoms with Crippen LogP contribution in [0.5, 0.6) is 0 Å². The number of rotatable bonds is 3. The molecule has 0 amide bonds. The largest absolute Gasteiger partial charge is 0.465 e. The lowest BCUT2D eigenvalue weighted by Gasteiger charge is -2.10. The van der Waals surface area contributed by atoms with Gasteiger partial charge in [0.1, 0.15) is 0 Å². The zero-order valence-corrected chi connectivity index (χ0v) is 11.0. The van der Waals surface area contributed by atoms with Crippen LogP contribution in [0.15, 0.2) is 42.5 Å². The number of ether oxygens (including phenoxy) is 1. The summed E-state index contributed by atoms with van der Waals surface area (Å²) in [6.45, 7) is 1.94. The molecular formula is C16H16O3. The summed E-state index contributed by atoms with van der Waals surface area (Å²) in [5.41, 5.74) is 4.12. The first-order valence-corrected chi connectivity index (χ1v) is 6.05. The maximum atomic E-state index is 11.8. The minimum absolute atomic E-state index is 0.0188. The molecule has 0 spiro atoms. The summed E-state index contributed by atoms with van der Waals surface area (Å²) >= 11 is 0.